The predicted molar refractivity (Wildman–Crippen MR) is 71.9 cm³/mol. The Hall–Kier alpha value is 0.620. The molecule has 1 fully saturated rings. The highest BCUT2D eigenvalue weighted by molar-refractivity contribution is 9.11. The van der Waals surface area contributed by atoms with Gasteiger partial charge in [0, 0.05) is 10.8 Å². The average Bonchev–Trinajstić information content (AvgIpc) is 2.74. The number of hydrogen-bond acceptors (Lipinski definition) is 2. The zero-order valence-electron chi connectivity index (χ0n) is 8.80. The summed E-state index contributed by atoms with van der Waals surface area (Å²) < 4.78 is 6.85. The maximum absolute atomic E-state index is 5.61. The van der Waals surface area contributed by atoms with Gasteiger partial charge in [0.25, 0.3) is 0 Å². The van der Waals surface area contributed by atoms with E-state index in [0.29, 0.717) is 16.8 Å². The Morgan fingerprint density at radius 2 is 2.33 bits per heavy atom. The van der Waals surface area contributed by atoms with Crippen molar-refractivity contribution >= 4 is 43.2 Å². The Balaban J connectivity index is 2.10. The van der Waals surface area contributed by atoms with Crippen LogP contribution in [0.25, 0.3) is 0 Å². The summed E-state index contributed by atoms with van der Waals surface area (Å²) in [6.07, 6.45) is 1.57. The van der Waals surface area contributed by atoms with Gasteiger partial charge in [0.2, 0.25) is 0 Å². The molecule has 15 heavy (non-hydrogen) atoms. The van der Waals surface area contributed by atoms with Gasteiger partial charge in [-0.1, -0.05) is 15.9 Å². The first kappa shape index (κ1) is 12.1. The van der Waals surface area contributed by atoms with Crippen molar-refractivity contribution < 1.29 is 4.74 Å². The van der Waals surface area contributed by atoms with Crippen molar-refractivity contribution in [2.75, 3.05) is 6.61 Å². The Kier molecular flexibility index (Phi) is 3.92. The van der Waals surface area contributed by atoms with Crippen LogP contribution in [0.3, 0.4) is 0 Å². The largest absolute Gasteiger partial charge is 0.378 e. The van der Waals surface area contributed by atoms with Crippen molar-refractivity contribution in [1.29, 1.82) is 0 Å². The summed E-state index contributed by atoms with van der Waals surface area (Å²) in [6, 6.07) is 2.26. The minimum atomic E-state index is 0.416. The summed E-state index contributed by atoms with van der Waals surface area (Å²) >= 11 is 9.19. The van der Waals surface area contributed by atoms with Crippen molar-refractivity contribution in [1.82, 2.24) is 0 Å². The molecule has 3 unspecified atom stereocenters. The predicted octanol–water partition coefficient (Wildman–Crippen LogP) is 4.68. The van der Waals surface area contributed by atoms with Crippen molar-refractivity contribution in [3.05, 3.63) is 20.3 Å². The summed E-state index contributed by atoms with van der Waals surface area (Å²) in [4.78, 5) is 1.85. The molecule has 0 saturated carbocycles. The van der Waals surface area contributed by atoms with Gasteiger partial charge in [-0.2, -0.15) is 0 Å². The molecule has 0 bridgehead atoms. The van der Waals surface area contributed by atoms with Gasteiger partial charge in [0.1, 0.15) is 0 Å². The molecule has 3 atom stereocenters. The van der Waals surface area contributed by atoms with E-state index in [9.17, 15) is 0 Å². The van der Waals surface area contributed by atoms with Crippen LogP contribution in [0, 0.1) is 12.8 Å². The molecule has 1 aliphatic rings. The van der Waals surface area contributed by atoms with E-state index in [1.54, 1.807) is 0 Å². The molecule has 2 heterocycles. The number of aryl methyl sites for hydroxylation is 1. The summed E-state index contributed by atoms with van der Waals surface area (Å²) in [5, 5.41) is 0. The number of hydrogen-bond donors (Lipinski definition) is 0. The molecular weight excluding hydrogens is 340 g/mol. The highest BCUT2D eigenvalue weighted by Crippen LogP contribution is 2.42. The quantitative estimate of drug-likeness (QED) is 0.701. The molecule has 0 aromatic carbocycles. The van der Waals surface area contributed by atoms with Crippen LogP contribution in [0.4, 0.5) is 0 Å². The Labute approximate surface area is 111 Å². The van der Waals surface area contributed by atoms with Crippen LogP contribution in [0.5, 0.6) is 0 Å². The molecular formula is C11H14Br2OS. The molecule has 1 aromatic rings. The highest BCUT2D eigenvalue weighted by atomic mass is 79.9. The third-order valence-corrected chi connectivity index (χ3v) is 6.56. The minimum absolute atomic E-state index is 0.416. The maximum atomic E-state index is 5.61. The third-order valence-electron chi connectivity index (χ3n) is 2.79. The van der Waals surface area contributed by atoms with Crippen LogP contribution in [-0.2, 0) is 4.74 Å². The lowest BCUT2D eigenvalue weighted by molar-refractivity contribution is 0.120. The normalized spacial score (nSPS) is 28.3. The lowest BCUT2D eigenvalue weighted by Gasteiger charge is -2.13. The van der Waals surface area contributed by atoms with Crippen molar-refractivity contribution in [3.8, 4) is 0 Å². The first-order valence-corrected chi connectivity index (χ1v) is 7.62. The minimum Gasteiger partial charge on any atom is -0.378 e. The molecule has 2 rings (SSSR count). The lowest BCUT2D eigenvalue weighted by atomic mass is 10.0. The van der Waals surface area contributed by atoms with E-state index in [1.807, 2.05) is 11.3 Å². The Bertz CT molecular complexity index is 331. The molecule has 0 radical (unpaired) electrons. The number of rotatable bonds is 2. The van der Waals surface area contributed by atoms with E-state index in [0.717, 1.165) is 13.0 Å². The fourth-order valence-corrected chi connectivity index (χ4v) is 4.33. The SMILES string of the molecule is Cc1cc(C(Br)C2COC(C)C2)sc1Br. The monoisotopic (exact) mass is 352 g/mol. The summed E-state index contributed by atoms with van der Waals surface area (Å²) in [7, 11) is 0. The highest BCUT2D eigenvalue weighted by Gasteiger charge is 2.30. The van der Waals surface area contributed by atoms with Crippen LogP contribution in [0.1, 0.15) is 28.6 Å². The molecule has 0 N–H and O–H groups in total. The van der Waals surface area contributed by atoms with Crippen LogP contribution >= 0.6 is 43.2 Å². The fourth-order valence-electron chi connectivity index (χ4n) is 1.91. The van der Waals surface area contributed by atoms with Gasteiger partial charge in [-0.15, -0.1) is 11.3 Å². The van der Waals surface area contributed by atoms with Crippen LogP contribution in [0.2, 0.25) is 0 Å². The molecule has 84 valence electrons. The summed E-state index contributed by atoms with van der Waals surface area (Å²) in [6.45, 7) is 5.17. The van der Waals surface area contributed by atoms with E-state index >= 15 is 0 Å². The Morgan fingerprint density at radius 3 is 2.80 bits per heavy atom. The first-order chi connectivity index (χ1) is 7.08. The fraction of sp³-hybridized carbons (Fsp3) is 0.636. The van der Waals surface area contributed by atoms with Crippen LogP contribution in [0.15, 0.2) is 9.85 Å². The van der Waals surface area contributed by atoms with Gasteiger partial charge in [-0.05, 0) is 47.8 Å². The van der Waals surface area contributed by atoms with E-state index < -0.39 is 0 Å². The zero-order chi connectivity index (χ0) is 11.0. The van der Waals surface area contributed by atoms with Crippen molar-refractivity contribution in [2.45, 2.75) is 31.2 Å². The second-order valence-corrected chi connectivity index (χ2v) is 7.54. The maximum Gasteiger partial charge on any atom is 0.0730 e. The molecule has 4 heteroatoms. The Morgan fingerprint density at radius 1 is 1.60 bits per heavy atom. The second kappa shape index (κ2) is 4.86. The van der Waals surface area contributed by atoms with Crippen LogP contribution < -0.4 is 0 Å². The van der Waals surface area contributed by atoms with Crippen molar-refractivity contribution in [2.24, 2.45) is 5.92 Å². The molecule has 1 saturated heterocycles. The second-order valence-electron chi connectivity index (χ2n) is 4.15. The van der Waals surface area contributed by atoms with E-state index in [2.05, 4.69) is 51.8 Å². The standard InChI is InChI=1S/C11H14Br2OS/c1-6-3-9(15-11(6)13)10(12)8-4-7(2)14-5-8/h3,7-8,10H,4-5H2,1-2H3. The average molecular weight is 354 g/mol. The lowest BCUT2D eigenvalue weighted by Crippen LogP contribution is -2.06. The molecule has 1 nitrogen and oxygen atoms in total. The molecule has 0 spiro atoms. The van der Waals surface area contributed by atoms with Gasteiger partial charge in [0.05, 0.1) is 21.3 Å². The summed E-state index contributed by atoms with van der Waals surface area (Å²) in [5.74, 6) is 0.616. The van der Waals surface area contributed by atoms with Gasteiger partial charge < -0.3 is 4.74 Å². The number of halogens is 2. The molecule has 0 aliphatic carbocycles. The smallest absolute Gasteiger partial charge is 0.0730 e. The van der Waals surface area contributed by atoms with E-state index in [-0.39, 0.29) is 0 Å². The molecule has 1 aliphatic heterocycles. The van der Waals surface area contributed by atoms with Gasteiger partial charge >= 0.3 is 0 Å². The van der Waals surface area contributed by atoms with E-state index in [4.69, 9.17) is 4.74 Å². The van der Waals surface area contributed by atoms with Gasteiger partial charge in [-0.25, -0.2) is 0 Å². The molecule has 1 aromatic heterocycles. The third kappa shape index (κ3) is 2.65. The van der Waals surface area contributed by atoms with Crippen LogP contribution in [-0.4, -0.2) is 12.7 Å². The zero-order valence-corrected chi connectivity index (χ0v) is 12.8. The molecule has 0 amide bonds. The van der Waals surface area contributed by atoms with Crippen molar-refractivity contribution in [3.63, 3.8) is 0 Å². The summed E-state index contributed by atoms with van der Waals surface area (Å²) in [5.41, 5.74) is 1.33. The topological polar surface area (TPSA) is 9.23 Å². The first-order valence-electron chi connectivity index (χ1n) is 5.09. The van der Waals surface area contributed by atoms with E-state index in [1.165, 1.54) is 14.2 Å². The number of alkyl halides is 1. The van der Waals surface area contributed by atoms with Gasteiger partial charge in [0.15, 0.2) is 0 Å². The number of ether oxygens (including phenoxy) is 1. The number of thiophene rings is 1. The van der Waals surface area contributed by atoms with Gasteiger partial charge in [-0.3, -0.25) is 0 Å².